The first-order chi connectivity index (χ1) is 15.5. The van der Waals surface area contributed by atoms with Crippen molar-refractivity contribution in [3.8, 4) is 5.82 Å². The van der Waals surface area contributed by atoms with Gasteiger partial charge in [-0.15, -0.1) is 0 Å². The highest BCUT2D eigenvalue weighted by molar-refractivity contribution is 5.82. The van der Waals surface area contributed by atoms with Gasteiger partial charge in [0.1, 0.15) is 17.8 Å². The number of hydrogen-bond acceptors (Lipinski definition) is 6. The van der Waals surface area contributed by atoms with Gasteiger partial charge in [-0.05, 0) is 56.5 Å². The van der Waals surface area contributed by atoms with Crippen molar-refractivity contribution in [1.29, 1.82) is 0 Å². The highest BCUT2D eigenvalue weighted by atomic mass is 19.1. The van der Waals surface area contributed by atoms with Gasteiger partial charge in [0.15, 0.2) is 5.82 Å². The van der Waals surface area contributed by atoms with E-state index in [9.17, 15) is 4.39 Å². The van der Waals surface area contributed by atoms with Crippen LogP contribution in [0, 0.1) is 13.8 Å². The molecule has 3 aromatic rings. The van der Waals surface area contributed by atoms with Gasteiger partial charge in [0.05, 0.1) is 24.4 Å². The van der Waals surface area contributed by atoms with E-state index in [0.29, 0.717) is 19.0 Å². The summed E-state index contributed by atoms with van der Waals surface area (Å²) in [6, 6.07) is 6.23. The average Bonchev–Trinajstić information content (AvgIpc) is 3.21. The molecule has 2 aromatic heterocycles. The number of aryl methyl sites for hydroxylation is 2. The summed E-state index contributed by atoms with van der Waals surface area (Å²) in [6.07, 6.45) is 2.98. The molecule has 7 nitrogen and oxygen atoms in total. The molecule has 2 aliphatic rings. The van der Waals surface area contributed by atoms with Crippen LogP contribution in [-0.2, 0) is 4.74 Å². The SMILES string of the molecule is CC[C@H]1CN(c2cc(-n3ncc4cc(C)c(C5CCNCC5F)cc43)nc(C)n2)CCO1. The number of rotatable bonds is 4. The maximum absolute atomic E-state index is 14.7. The Kier molecular flexibility index (Phi) is 5.82. The Morgan fingerprint density at radius 1 is 1.19 bits per heavy atom. The molecule has 2 aliphatic heterocycles. The summed E-state index contributed by atoms with van der Waals surface area (Å²) < 4.78 is 22.4. The van der Waals surface area contributed by atoms with Crippen LogP contribution in [0.5, 0.6) is 0 Å². The molecule has 0 radical (unpaired) electrons. The molecule has 4 heterocycles. The van der Waals surface area contributed by atoms with E-state index in [-0.39, 0.29) is 12.0 Å². The van der Waals surface area contributed by atoms with Gasteiger partial charge >= 0.3 is 0 Å². The Hall–Kier alpha value is -2.58. The standard InChI is InChI=1S/C24H31FN6O/c1-4-18-14-30(7-8-32-18)23-11-24(29-16(3)28-23)31-22-10-20(15(2)9-17(22)12-27-31)19-5-6-26-13-21(19)25/h9-12,18-19,21,26H,4-8,13-14H2,1-3H3/t18-,19?,21?/m0/s1. The van der Waals surface area contributed by atoms with Crippen molar-refractivity contribution in [1.82, 2.24) is 25.1 Å². The van der Waals surface area contributed by atoms with Gasteiger partial charge in [-0.3, -0.25) is 0 Å². The molecule has 8 heteroatoms. The summed E-state index contributed by atoms with van der Waals surface area (Å²) in [4.78, 5) is 11.6. The van der Waals surface area contributed by atoms with Gasteiger partial charge in [0.25, 0.3) is 0 Å². The number of ether oxygens (including phenoxy) is 1. The number of benzene rings is 1. The lowest BCUT2D eigenvalue weighted by molar-refractivity contribution is 0.0381. The molecular weight excluding hydrogens is 407 g/mol. The maximum Gasteiger partial charge on any atom is 0.159 e. The summed E-state index contributed by atoms with van der Waals surface area (Å²) in [6.45, 7) is 9.70. The van der Waals surface area contributed by atoms with Crippen molar-refractivity contribution >= 4 is 16.7 Å². The molecule has 5 rings (SSSR count). The minimum atomic E-state index is -0.878. The van der Waals surface area contributed by atoms with E-state index in [1.807, 2.05) is 23.9 Å². The number of aromatic nitrogens is 4. The fraction of sp³-hybridized carbons (Fsp3) is 0.542. The predicted molar refractivity (Wildman–Crippen MR) is 124 cm³/mol. The molecule has 3 atom stereocenters. The van der Waals surface area contributed by atoms with E-state index < -0.39 is 6.17 Å². The lowest BCUT2D eigenvalue weighted by Crippen LogP contribution is -2.42. The Morgan fingerprint density at radius 3 is 2.84 bits per heavy atom. The minimum absolute atomic E-state index is 0.0916. The van der Waals surface area contributed by atoms with Crippen molar-refractivity contribution in [3.05, 3.63) is 41.3 Å². The smallest absolute Gasteiger partial charge is 0.159 e. The average molecular weight is 439 g/mol. The maximum atomic E-state index is 14.7. The van der Waals surface area contributed by atoms with Crippen molar-refractivity contribution in [2.45, 2.75) is 51.8 Å². The van der Waals surface area contributed by atoms with Crippen LogP contribution in [-0.4, -0.2) is 64.8 Å². The molecule has 2 unspecified atom stereocenters. The van der Waals surface area contributed by atoms with Gasteiger partial charge in [-0.2, -0.15) is 5.10 Å². The lowest BCUT2D eigenvalue weighted by Gasteiger charge is -2.33. The number of morpholine rings is 1. The molecule has 1 aromatic carbocycles. The zero-order valence-corrected chi connectivity index (χ0v) is 19.0. The summed E-state index contributed by atoms with van der Waals surface area (Å²) in [7, 11) is 0. The number of nitrogens with one attached hydrogen (secondary N) is 1. The Labute approximate surface area is 188 Å². The first kappa shape index (κ1) is 21.3. The number of alkyl halides is 1. The molecule has 0 amide bonds. The first-order valence-corrected chi connectivity index (χ1v) is 11.6. The molecule has 0 bridgehead atoms. The minimum Gasteiger partial charge on any atom is -0.375 e. The molecule has 2 fully saturated rings. The summed E-state index contributed by atoms with van der Waals surface area (Å²) in [5.41, 5.74) is 3.14. The first-order valence-electron chi connectivity index (χ1n) is 11.6. The van der Waals surface area contributed by atoms with Crippen LogP contribution in [0.2, 0.25) is 0 Å². The number of piperidine rings is 1. The van der Waals surface area contributed by atoms with E-state index in [2.05, 4.69) is 46.3 Å². The highest BCUT2D eigenvalue weighted by Crippen LogP contribution is 2.33. The predicted octanol–water partition coefficient (Wildman–Crippen LogP) is 3.46. The topological polar surface area (TPSA) is 68.1 Å². The van der Waals surface area contributed by atoms with Gasteiger partial charge < -0.3 is 15.0 Å². The number of nitrogens with zero attached hydrogens (tertiary/aromatic N) is 5. The summed E-state index contributed by atoms with van der Waals surface area (Å²) >= 11 is 0. The van der Waals surface area contributed by atoms with Crippen LogP contribution in [0.25, 0.3) is 16.7 Å². The zero-order valence-electron chi connectivity index (χ0n) is 19.0. The fourth-order valence-electron chi connectivity index (χ4n) is 4.94. The van der Waals surface area contributed by atoms with Crippen LogP contribution in [0.15, 0.2) is 24.4 Å². The Bertz CT molecular complexity index is 1120. The van der Waals surface area contributed by atoms with E-state index >= 15 is 0 Å². The Balaban J connectivity index is 1.54. The molecule has 2 saturated heterocycles. The normalized spacial score (nSPS) is 24.2. The summed E-state index contributed by atoms with van der Waals surface area (Å²) in [5.74, 6) is 2.24. The number of halogens is 1. The van der Waals surface area contributed by atoms with Gasteiger partial charge in [0, 0.05) is 37.0 Å². The van der Waals surface area contributed by atoms with Crippen molar-refractivity contribution in [2.24, 2.45) is 0 Å². The van der Waals surface area contributed by atoms with Crippen molar-refractivity contribution < 1.29 is 9.13 Å². The molecule has 1 N–H and O–H groups in total. The Morgan fingerprint density at radius 2 is 2.03 bits per heavy atom. The van der Waals surface area contributed by atoms with Crippen LogP contribution in [0.3, 0.4) is 0 Å². The monoisotopic (exact) mass is 438 g/mol. The molecular formula is C24H31FN6O. The van der Waals surface area contributed by atoms with Crippen LogP contribution in [0.1, 0.15) is 42.6 Å². The number of anilines is 1. The van der Waals surface area contributed by atoms with Crippen LogP contribution < -0.4 is 10.2 Å². The third kappa shape index (κ3) is 3.97. The molecule has 0 saturated carbocycles. The van der Waals surface area contributed by atoms with Crippen molar-refractivity contribution in [2.75, 3.05) is 37.7 Å². The van der Waals surface area contributed by atoms with Crippen molar-refractivity contribution in [3.63, 3.8) is 0 Å². The second kappa shape index (κ2) is 8.75. The van der Waals surface area contributed by atoms with Gasteiger partial charge in [0.2, 0.25) is 0 Å². The van der Waals surface area contributed by atoms with E-state index in [1.54, 1.807) is 0 Å². The summed E-state index contributed by atoms with van der Waals surface area (Å²) in [5, 5.41) is 8.83. The van der Waals surface area contributed by atoms with Gasteiger partial charge in [-0.25, -0.2) is 19.0 Å². The van der Waals surface area contributed by atoms with Gasteiger partial charge in [-0.1, -0.05) is 6.92 Å². The molecule has 170 valence electrons. The fourth-order valence-corrected chi connectivity index (χ4v) is 4.94. The quantitative estimate of drug-likeness (QED) is 0.673. The highest BCUT2D eigenvalue weighted by Gasteiger charge is 2.28. The van der Waals surface area contributed by atoms with E-state index in [1.165, 1.54) is 0 Å². The van der Waals surface area contributed by atoms with E-state index in [4.69, 9.17) is 9.72 Å². The molecule has 32 heavy (non-hydrogen) atoms. The zero-order chi connectivity index (χ0) is 22.2. The second-order valence-corrected chi connectivity index (χ2v) is 8.92. The number of hydrogen-bond donors (Lipinski definition) is 1. The van der Waals surface area contributed by atoms with E-state index in [0.717, 1.165) is 66.1 Å². The van der Waals surface area contributed by atoms with Crippen LogP contribution in [0.4, 0.5) is 10.2 Å². The molecule has 0 aliphatic carbocycles. The second-order valence-electron chi connectivity index (χ2n) is 8.92. The molecule has 0 spiro atoms. The number of fused-ring (bicyclic) bond motifs is 1. The lowest BCUT2D eigenvalue weighted by atomic mass is 9.85. The van der Waals surface area contributed by atoms with Crippen LogP contribution >= 0.6 is 0 Å². The largest absolute Gasteiger partial charge is 0.375 e. The third-order valence-electron chi connectivity index (χ3n) is 6.71. The third-order valence-corrected chi connectivity index (χ3v) is 6.71.